The van der Waals surface area contributed by atoms with Crippen molar-refractivity contribution in [2.45, 2.75) is 32.1 Å². The molecule has 3 heterocycles. The molecule has 0 saturated carbocycles. The topological polar surface area (TPSA) is 68.3 Å². The van der Waals surface area contributed by atoms with Crippen molar-refractivity contribution < 1.29 is 23.8 Å². The highest BCUT2D eigenvalue weighted by atomic mass is 35.5. The van der Waals surface area contributed by atoms with Gasteiger partial charge in [-0.05, 0) is 29.8 Å². The molecule has 168 valence electrons. The molecule has 0 aromatic heterocycles. The van der Waals surface area contributed by atoms with E-state index in [1.54, 1.807) is 27.0 Å². The summed E-state index contributed by atoms with van der Waals surface area (Å²) in [5.74, 6) is -1.68. The number of fused-ring (bicyclic) bond motifs is 4. The van der Waals surface area contributed by atoms with Gasteiger partial charge in [0.05, 0.1) is 18.8 Å². The van der Waals surface area contributed by atoms with E-state index in [1.807, 2.05) is 36.4 Å². The van der Waals surface area contributed by atoms with Gasteiger partial charge in [-0.25, -0.2) is 0 Å². The summed E-state index contributed by atoms with van der Waals surface area (Å²) in [6.07, 6.45) is 0.235. The minimum absolute atomic E-state index is 0.235. The predicted octanol–water partition coefficient (Wildman–Crippen LogP) is 3.42. The lowest BCUT2D eigenvalue weighted by Gasteiger charge is -2.55. The minimum Gasteiger partial charge on any atom is -0.495 e. The second kappa shape index (κ2) is 7.30. The van der Waals surface area contributed by atoms with Crippen molar-refractivity contribution in [3.8, 4) is 5.75 Å². The Morgan fingerprint density at radius 2 is 1.75 bits per heavy atom. The summed E-state index contributed by atoms with van der Waals surface area (Å²) in [4.78, 5) is 31.2. The summed E-state index contributed by atoms with van der Waals surface area (Å²) >= 11 is 6.28. The SMILES string of the molecule is COc1ccc(Cl)cc1N1CCN2c3ccccc3CC3(C(=O)OC(C)(C)OC3=O)C2C1. The van der Waals surface area contributed by atoms with Crippen molar-refractivity contribution in [1.29, 1.82) is 0 Å². The summed E-state index contributed by atoms with van der Waals surface area (Å²) in [7, 11) is 1.61. The standard InChI is InChI=1S/C24H25ClN2O5/c1-23(2)31-21(28)24(22(29)32-23)13-15-6-4-5-7-17(15)27-11-10-26(14-20(24)27)18-12-16(25)8-9-19(18)30-3/h4-9,12,20H,10-11,13-14H2,1-3H3. The molecule has 1 spiro atoms. The summed E-state index contributed by atoms with van der Waals surface area (Å²) in [5, 5.41) is 0.588. The monoisotopic (exact) mass is 456 g/mol. The first-order valence-corrected chi connectivity index (χ1v) is 11.0. The summed E-state index contributed by atoms with van der Waals surface area (Å²) < 4.78 is 16.8. The number of methoxy groups -OCH3 is 1. The Morgan fingerprint density at radius 3 is 2.47 bits per heavy atom. The van der Waals surface area contributed by atoms with E-state index in [2.05, 4.69) is 9.80 Å². The fourth-order valence-electron chi connectivity index (χ4n) is 5.13. The van der Waals surface area contributed by atoms with Crippen LogP contribution in [0.5, 0.6) is 5.75 Å². The Morgan fingerprint density at radius 1 is 1.03 bits per heavy atom. The number of esters is 2. The Hall–Kier alpha value is -2.93. The number of nitrogens with zero attached hydrogens (tertiary/aromatic N) is 2. The van der Waals surface area contributed by atoms with Crippen LogP contribution < -0.4 is 14.5 Å². The van der Waals surface area contributed by atoms with Crippen LogP contribution in [0.1, 0.15) is 19.4 Å². The van der Waals surface area contributed by atoms with Crippen LogP contribution in [0.15, 0.2) is 42.5 Å². The third kappa shape index (κ3) is 3.10. The number of rotatable bonds is 2. The second-order valence-electron chi connectivity index (χ2n) is 8.93. The molecule has 0 radical (unpaired) electrons. The van der Waals surface area contributed by atoms with Crippen molar-refractivity contribution in [1.82, 2.24) is 0 Å². The molecule has 32 heavy (non-hydrogen) atoms. The number of hydrogen-bond donors (Lipinski definition) is 0. The first-order chi connectivity index (χ1) is 15.2. The molecule has 3 aliphatic rings. The van der Waals surface area contributed by atoms with Crippen LogP contribution in [-0.4, -0.2) is 50.5 Å². The highest BCUT2D eigenvalue weighted by molar-refractivity contribution is 6.31. The maximum absolute atomic E-state index is 13.5. The van der Waals surface area contributed by atoms with Gasteiger partial charge in [0, 0.05) is 50.6 Å². The van der Waals surface area contributed by atoms with Gasteiger partial charge in [0.1, 0.15) is 5.75 Å². The number of piperazine rings is 1. The van der Waals surface area contributed by atoms with Crippen molar-refractivity contribution in [2.75, 3.05) is 36.5 Å². The van der Waals surface area contributed by atoms with Crippen molar-refractivity contribution in [3.63, 3.8) is 0 Å². The third-order valence-corrected chi connectivity index (χ3v) is 6.84. The summed E-state index contributed by atoms with van der Waals surface area (Å²) in [6, 6.07) is 12.9. The molecule has 5 rings (SSSR count). The molecular weight excluding hydrogens is 432 g/mol. The number of ether oxygens (including phenoxy) is 3. The number of carbonyl (C=O) groups is 2. The Labute approximate surface area is 191 Å². The minimum atomic E-state index is -1.45. The van der Waals surface area contributed by atoms with E-state index in [0.717, 1.165) is 16.9 Å². The number of cyclic esters (lactones) is 2. The van der Waals surface area contributed by atoms with Gasteiger partial charge in [-0.3, -0.25) is 9.59 Å². The molecule has 2 aromatic rings. The van der Waals surface area contributed by atoms with E-state index in [-0.39, 0.29) is 6.42 Å². The molecule has 3 aliphatic heterocycles. The average Bonchev–Trinajstić information content (AvgIpc) is 2.76. The largest absolute Gasteiger partial charge is 0.495 e. The van der Waals surface area contributed by atoms with E-state index in [4.69, 9.17) is 25.8 Å². The third-order valence-electron chi connectivity index (χ3n) is 6.61. The van der Waals surface area contributed by atoms with E-state index < -0.39 is 29.2 Å². The Kier molecular flexibility index (Phi) is 4.78. The van der Waals surface area contributed by atoms with Gasteiger partial charge in [-0.2, -0.15) is 0 Å². The molecule has 2 fully saturated rings. The summed E-state index contributed by atoms with van der Waals surface area (Å²) in [6.45, 7) is 4.86. The lowest BCUT2D eigenvalue weighted by atomic mass is 9.69. The molecule has 2 aromatic carbocycles. The molecule has 0 bridgehead atoms. The quantitative estimate of drug-likeness (QED) is 0.506. The smallest absolute Gasteiger partial charge is 0.329 e. The molecule has 0 N–H and O–H groups in total. The maximum atomic E-state index is 13.5. The molecule has 0 amide bonds. The lowest BCUT2D eigenvalue weighted by molar-refractivity contribution is -0.253. The Balaban J connectivity index is 1.61. The number of hydrogen-bond acceptors (Lipinski definition) is 7. The molecule has 8 heteroatoms. The fourth-order valence-corrected chi connectivity index (χ4v) is 5.30. The van der Waals surface area contributed by atoms with E-state index in [1.165, 1.54) is 0 Å². The summed E-state index contributed by atoms with van der Waals surface area (Å²) in [5.41, 5.74) is 1.35. The van der Waals surface area contributed by atoms with Crippen LogP contribution in [-0.2, 0) is 25.5 Å². The number of halogens is 1. The highest BCUT2D eigenvalue weighted by Crippen LogP contribution is 2.48. The predicted molar refractivity (Wildman–Crippen MR) is 120 cm³/mol. The Bertz CT molecular complexity index is 1080. The van der Waals surface area contributed by atoms with Crippen LogP contribution in [0.4, 0.5) is 11.4 Å². The van der Waals surface area contributed by atoms with Gasteiger partial charge >= 0.3 is 11.9 Å². The first-order valence-electron chi connectivity index (χ1n) is 10.6. The highest BCUT2D eigenvalue weighted by Gasteiger charge is 2.64. The van der Waals surface area contributed by atoms with Gasteiger partial charge < -0.3 is 24.0 Å². The van der Waals surface area contributed by atoms with E-state index in [0.29, 0.717) is 30.4 Å². The van der Waals surface area contributed by atoms with E-state index >= 15 is 0 Å². The van der Waals surface area contributed by atoms with Gasteiger partial charge in [0.25, 0.3) is 5.79 Å². The fraction of sp³-hybridized carbons (Fsp3) is 0.417. The molecular formula is C24H25ClN2O5. The van der Waals surface area contributed by atoms with Gasteiger partial charge in [-0.1, -0.05) is 29.8 Å². The maximum Gasteiger partial charge on any atom is 0.329 e. The number of para-hydroxylation sites is 1. The first kappa shape index (κ1) is 20.9. The number of anilines is 2. The van der Waals surface area contributed by atoms with Gasteiger partial charge in [0.2, 0.25) is 0 Å². The van der Waals surface area contributed by atoms with Crippen LogP contribution in [0.2, 0.25) is 5.02 Å². The van der Waals surface area contributed by atoms with Crippen molar-refractivity contribution >= 4 is 34.9 Å². The van der Waals surface area contributed by atoms with Gasteiger partial charge in [0.15, 0.2) is 5.41 Å². The van der Waals surface area contributed by atoms with Crippen molar-refractivity contribution in [2.24, 2.45) is 5.41 Å². The van der Waals surface area contributed by atoms with Crippen molar-refractivity contribution in [3.05, 3.63) is 53.1 Å². The lowest BCUT2D eigenvalue weighted by Crippen LogP contribution is -2.71. The molecule has 1 unspecified atom stereocenters. The zero-order valence-corrected chi connectivity index (χ0v) is 19.0. The zero-order valence-electron chi connectivity index (χ0n) is 18.3. The van der Waals surface area contributed by atoms with Crippen LogP contribution in [0.3, 0.4) is 0 Å². The normalized spacial score (nSPS) is 23.2. The molecule has 7 nitrogen and oxygen atoms in total. The van der Waals surface area contributed by atoms with Gasteiger partial charge in [-0.15, -0.1) is 0 Å². The number of benzene rings is 2. The number of carbonyl (C=O) groups excluding carboxylic acids is 2. The molecule has 0 aliphatic carbocycles. The molecule has 1 atom stereocenters. The van der Waals surface area contributed by atoms with Crippen LogP contribution in [0.25, 0.3) is 0 Å². The molecule has 2 saturated heterocycles. The second-order valence-corrected chi connectivity index (χ2v) is 9.36. The van der Waals surface area contributed by atoms with Crippen LogP contribution in [0, 0.1) is 5.41 Å². The van der Waals surface area contributed by atoms with Crippen LogP contribution >= 0.6 is 11.6 Å². The average molecular weight is 457 g/mol. The zero-order chi connectivity index (χ0) is 22.7. The van der Waals surface area contributed by atoms with E-state index in [9.17, 15) is 9.59 Å².